The molecule has 0 fully saturated rings. The highest BCUT2D eigenvalue weighted by molar-refractivity contribution is 5.87. The number of carbonyl (C=O) groups is 3. The molecule has 1 aromatic carbocycles. The molecule has 1 rings (SSSR count). The van der Waals surface area contributed by atoms with Crippen molar-refractivity contribution in [2.45, 2.75) is 25.7 Å². The monoisotopic (exact) mass is 280 g/mol. The van der Waals surface area contributed by atoms with Crippen LogP contribution in [0, 0.1) is 5.92 Å². The van der Waals surface area contributed by atoms with Gasteiger partial charge in [0.2, 0.25) is 0 Å². The molecule has 0 heterocycles. The molecule has 6 heteroatoms. The van der Waals surface area contributed by atoms with Gasteiger partial charge in [-0.1, -0.05) is 26.0 Å². The van der Waals surface area contributed by atoms with Gasteiger partial charge < -0.3 is 15.3 Å². The molecule has 0 aromatic heterocycles. The van der Waals surface area contributed by atoms with Gasteiger partial charge in [0.1, 0.15) is 0 Å². The molecular formula is C14H16O6. The molecule has 0 spiro atoms. The lowest BCUT2D eigenvalue weighted by Gasteiger charge is -2.31. The Morgan fingerprint density at radius 2 is 1.55 bits per heavy atom. The summed E-state index contributed by atoms with van der Waals surface area (Å²) in [7, 11) is 0. The van der Waals surface area contributed by atoms with Gasteiger partial charge in [-0.2, -0.15) is 0 Å². The smallest absolute Gasteiger partial charge is 0.335 e. The molecule has 20 heavy (non-hydrogen) atoms. The van der Waals surface area contributed by atoms with Crippen molar-refractivity contribution >= 4 is 17.9 Å². The molecule has 3 N–H and O–H groups in total. The van der Waals surface area contributed by atoms with Crippen molar-refractivity contribution in [1.82, 2.24) is 0 Å². The minimum atomic E-state index is -1.19. The van der Waals surface area contributed by atoms with E-state index in [1.54, 1.807) is 13.8 Å². The second-order valence-corrected chi connectivity index (χ2v) is 5.09. The fraction of sp³-hybridized carbons (Fsp3) is 0.357. The van der Waals surface area contributed by atoms with Crippen LogP contribution in [-0.4, -0.2) is 33.2 Å². The molecule has 0 saturated carbocycles. The number of hydrogen-bond donors (Lipinski definition) is 3. The minimum absolute atomic E-state index is 0.0923. The van der Waals surface area contributed by atoms with Crippen molar-refractivity contribution in [1.29, 1.82) is 0 Å². The zero-order chi connectivity index (χ0) is 15.5. The van der Waals surface area contributed by atoms with Crippen molar-refractivity contribution < 1.29 is 29.7 Å². The largest absolute Gasteiger partial charge is 0.481 e. The van der Waals surface area contributed by atoms with E-state index in [1.807, 2.05) is 0 Å². The lowest BCUT2D eigenvalue weighted by Crippen LogP contribution is -2.36. The predicted octanol–water partition coefficient (Wildman–Crippen LogP) is 1.84. The summed E-state index contributed by atoms with van der Waals surface area (Å²) in [6, 6.07) is 5.78. The summed E-state index contributed by atoms with van der Waals surface area (Å²) in [6.07, 6.45) is -0.497. The van der Waals surface area contributed by atoms with E-state index >= 15 is 0 Å². The lowest BCUT2D eigenvalue weighted by atomic mass is 9.72. The van der Waals surface area contributed by atoms with E-state index in [1.165, 1.54) is 24.3 Å². The molecule has 108 valence electrons. The van der Waals surface area contributed by atoms with Crippen LogP contribution < -0.4 is 0 Å². The Bertz CT molecular complexity index is 529. The van der Waals surface area contributed by atoms with Gasteiger partial charge in [0.05, 0.1) is 17.9 Å². The van der Waals surface area contributed by atoms with Crippen molar-refractivity contribution in [3.8, 4) is 0 Å². The molecule has 1 atom stereocenters. The van der Waals surface area contributed by atoms with Crippen molar-refractivity contribution in [3.05, 3.63) is 35.4 Å². The van der Waals surface area contributed by atoms with E-state index in [9.17, 15) is 19.5 Å². The first-order chi connectivity index (χ1) is 9.16. The van der Waals surface area contributed by atoms with Gasteiger partial charge in [-0.05, 0) is 17.7 Å². The van der Waals surface area contributed by atoms with E-state index in [0.29, 0.717) is 5.56 Å². The van der Waals surface area contributed by atoms with Crippen molar-refractivity contribution in [2.24, 2.45) is 5.92 Å². The second-order valence-electron chi connectivity index (χ2n) is 5.09. The van der Waals surface area contributed by atoms with Crippen molar-refractivity contribution in [2.75, 3.05) is 0 Å². The number of hydrogen-bond acceptors (Lipinski definition) is 3. The summed E-state index contributed by atoms with van der Waals surface area (Å²) >= 11 is 0. The van der Waals surface area contributed by atoms with Crippen LogP contribution in [0.15, 0.2) is 24.3 Å². The van der Waals surface area contributed by atoms with Crippen LogP contribution in [0.25, 0.3) is 0 Å². The zero-order valence-electron chi connectivity index (χ0n) is 11.2. The fourth-order valence-electron chi connectivity index (χ4n) is 2.07. The van der Waals surface area contributed by atoms with Gasteiger partial charge >= 0.3 is 17.9 Å². The first-order valence-corrected chi connectivity index (χ1v) is 5.94. The summed E-state index contributed by atoms with van der Waals surface area (Å²) < 4.78 is 0. The van der Waals surface area contributed by atoms with E-state index in [2.05, 4.69) is 0 Å². The van der Waals surface area contributed by atoms with Gasteiger partial charge in [0.15, 0.2) is 0 Å². The third-order valence-corrected chi connectivity index (χ3v) is 3.42. The zero-order valence-corrected chi connectivity index (χ0v) is 11.2. The van der Waals surface area contributed by atoms with Gasteiger partial charge in [0, 0.05) is 5.41 Å². The maximum Gasteiger partial charge on any atom is 0.335 e. The van der Waals surface area contributed by atoms with E-state index < -0.39 is 35.7 Å². The molecule has 1 aromatic rings. The number of aliphatic carboxylic acids is 2. The van der Waals surface area contributed by atoms with Crippen LogP contribution in [0.4, 0.5) is 0 Å². The summed E-state index contributed by atoms with van der Waals surface area (Å²) in [5.74, 6) is -4.56. The molecule has 0 unspecified atom stereocenters. The summed E-state index contributed by atoms with van der Waals surface area (Å²) in [6.45, 7) is 3.26. The Labute approximate surface area is 115 Å². The normalized spacial score (nSPS) is 12.7. The van der Waals surface area contributed by atoms with Crippen LogP contribution in [0.2, 0.25) is 0 Å². The second kappa shape index (κ2) is 5.73. The fourth-order valence-corrected chi connectivity index (χ4v) is 2.07. The van der Waals surface area contributed by atoms with Crippen LogP contribution in [-0.2, 0) is 15.0 Å². The van der Waals surface area contributed by atoms with Gasteiger partial charge in [-0.3, -0.25) is 9.59 Å². The molecule has 0 bridgehead atoms. The third-order valence-electron chi connectivity index (χ3n) is 3.42. The van der Waals surface area contributed by atoms with E-state index in [-0.39, 0.29) is 5.56 Å². The maximum absolute atomic E-state index is 11.3. The van der Waals surface area contributed by atoms with Crippen LogP contribution >= 0.6 is 0 Å². The van der Waals surface area contributed by atoms with Crippen LogP contribution in [0.3, 0.4) is 0 Å². The van der Waals surface area contributed by atoms with Gasteiger partial charge in [0.25, 0.3) is 0 Å². The van der Waals surface area contributed by atoms with Gasteiger partial charge in [-0.15, -0.1) is 0 Å². The van der Waals surface area contributed by atoms with Crippen molar-refractivity contribution in [3.63, 3.8) is 0 Å². The lowest BCUT2D eigenvalue weighted by molar-refractivity contribution is -0.150. The number of benzene rings is 1. The Hall–Kier alpha value is -2.37. The third kappa shape index (κ3) is 3.34. The Morgan fingerprint density at radius 3 is 1.90 bits per heavy atom. The summed E-state index contributed by atoms with van der Waals surface area (Å²) in [5, 5.41) is 26.8. The summed E-state index contributed by atoms with van der Waals surface area (Å²) in [5.41, 5.74) is -0.257. The topological polar surface area (TPSA) is 112 Å². The Balaban J connectivity index is 3.14. The molecule has 0 aliphatic carbocycles. The molecule has 0 aliphatic rings. The molecule has 0 saturated heterocycles. The standard InChI is InChI=1S/C14H16O6/c1-14(2,10(13(19)20)7-11(15)16)9-5-3-8(4-6-9)12(17)18/h3-6,10H,7H2,1-2H3,(H,15,16)(H,17,18)(H,19,20)/t10-/m1/s1. The highest BCUT2D eigenvalue weighted by Gasteiger charge is 2.38. The first-order valence-electron chi connectivity index (χ1n) is 5.94. The molecular weight excluding hydrogens is 264 g/mol. The first kappa shape index (κ1) is 15.7. The van der Waals surface area contributed by atoms with E-state index in [4.69, 9.17) is 10.2 Å². The number of carboxylic acids is 3. The highest BCUT2D eigenvalue weighted by Crippen LogP contribution is 2.34. The van der Waals surface area contributed by atoms with Gasteiger partial charge in [-0.25, -0.2) is 4.79 Å². The molecule has 0 aliphatic heterocycles. The number of rotatable bonds is 6. The average molecular weight is 280 g/mol. The quantitative estimate of drug-likeness (QED) is 0.733. The molecule has 0 amide bonds. The predicted molar refractivity (Wildman–Crippen MR) is 69.8 cm³/mol. The SMILES string of the molecule is CC(C)(c1ccc(C(=O)O)cc1)[C@H](CC(=O)O)C(=O)O. The minimum Gasteiger partial charge on any atom is -0.481 e. The highest BCUT2D eigenvalue weighted by atomic mass is 16.4. The molecule has 0 radical (unpaired) electrons. The van der Waals surface area contributed by atoms with E-state index in [0.717, 1.165) is 0 Å². The number of aromatic carboxylic acids is 1. The average Bonchev–Trinajstić information content (AvgIpc) is 2.35. The maximum atomic E-state index is 11.3. The summed E-state index contributed by atoms with van der Waals surface area (Å²) in [4.78, 5) is 32.8. The van der Waals surface area contributed by atoms with Crippen LogP contribution in [0.1, 0.15) is 36.2 Å². The Morgan fingerprint density at radius 1 is 1.05 bits per heavy atom. The Kier molecular flexibility index (Phi) is 4.49. The van der Waals surface area contributed by atoms with Crippen LogP contribution in [0.5, 0.6) is 0 Å². The molecule has 6 nitrogen and oxygen atoms in total. The number of carboxylic acid groups (broad SMARTS) is 3.